The van der Waals surface area contributed by atoms with Crippen LogP contribution in [0.1, 0.15) is 37.3 Å². The average Bonchev–Trinajstić information content (AvgIpc) is 2.99. The second-order valence-electron chi connectivity index (χ2n) is 6.49. The summed E-state index contributed by atoms with van der Waals surface area (Å²) in [5, 5.41) is 4.25. The van der Waals surface area contributed by atoms with Gasteiger partial charge in [0.25, 0.3) is 0 Å². The zero-order valence-corrected chi connectivity index (χ0v) is 14.9. The van der Waals surface area contributed by atoms with Gasteiger partial charge in [0.05, 0.1) is 0 Å². The highest BCUT2D eigenvalue weighted by atomic mass is 16.1. The zero-order chi connectivity index (χ0) is 17.5. The molecule has 130 valence electrons. The predicted molar refractivity (Wildman–Crippen MR) is 104 cm³/mol. The molecule has 0 fully saturated rings. The normalized spacial score (nSPS) is 10.9. The Bertz CT molecular complexity index is 820. The standard InChI is InChI=1S/C22H26N2O/c1-2-3-15-23-22(25)14-13-19-17-24(16-18-9-5-4-6-10-18)21-12-8-7-11-20(19)21/h4-12,17H,2-3,13-16H2,1H3,(H,23,25). The number of rotatable bonds is 8. The van der Waals surface area contributed by atoms with Crippen molar-refractivity contribution in [2.24, 2.45) is 0 Å². The van der Waals surface area contributed by atoms with Gasteiger partial charge in [-0.1, -0.05) is 61.9 Å². The summed E-state index contributed by atoms with van der Waals surface area (Å²) in [4.78, 5) is 12.0. The van der Waals surface area contributed by atoms with E-state index >= 15 is 0 Å². The van der Waals surface area contributed by atoms with E-state index in [1.54, 1.807) is 0 Å². The van der Waals surface area contributed by atoms with Crippen molar-refractivity contribution in [1.82, 2.24) is 9.88 Å². The quantitative estimate of drug-likeness (QED) is 0.603. The molecule has 0 saturated carbocycles. The fourth-order valence-corrected chi connectivity index (χ4v) is 3.17. The molecule has 3 rings (SSSR count). The molecule has 1 aromatic heterocycles. The highest BCUT2D eigenvalue weighted by Crippen LogP contribution is 2.23. The number of hydrogen-bond donors (Lipinski definition) is 1. The highest BCUT2D eigenvalue weighted by Gasteiger charge is 2.10. The second-order valence-corrected chi connectivity index (χ2v) is 6.49. The van der Waals surface area contributed by atoms with Crippen LogP contribution in [0.2, 0.25) is 0 Å². The van der Waals surface area contributed by atoms with E-state index in [0.29, 0.717) is 6.42 Å². The first-order valence-electron chi connectivity index (χ1n) is 9.15. The third kappa shape index (κ3) is 4.50. The Balaban J connectivity index is 1.74. The Morgan fingerprint density at radius 1 is 1.04 bits per heavy atom. The fraction of sp³-hybridized carbons (Fsp3) is 0.318. The van der Waals surface area contributed by atoms with Crippen LogP contribution in [0.25, 0.3) is 10.9 Å². The summed E-state index contributed by atoms with van der Waals surface area (Å²) in [5.41, 5.74) is 3.76. The number of amides is 1. The van der Waals surface area contributed by atoms with Crippen LogP contribution in [-0.2, 0) is 17.8 Å². The third-order valence-corrected chi connectivity index (χ3v) is 4.54. The van der Waals surface area contributed by atoms with Crippen LogP contribution < -0.4 is 5.32 Å². The maximum Gasteiger partial charge on any atom is 0.220 e. The average molecular weight is 334 g/mol. The number of nitrogens with zero attached hydrogens (tertiary/aromatic N) is 1. The van der Waals surface area contributed by atoms with Gasteiger partial charge in [0.15, 0.2) is 0 Å². The minimum Gasteiger partial charge on any atom is -0.356 e. The summed E-state index contributed by atoms with van der Waals surface area (Å²) in [7, 11) is 0. The Kier molecular flexibility index (Phi) is 5.89. The van der Waals surface area contributed by atoms with Crippen molar-refractivity contribution in [1.29, 1.82) is 0 Å². The molecule has 0 atom stereocenters. The predicted octanol–water partition coefficient (Wildman–Crippen LogP) is 4.54. The lowest BCUT2D eigenvalue weighted by molar-refractivity contribution is -0.121. The van der Waals surface area contributed by atoms with E-state index in [-0.39, 0.29) is 5.91 Å². The van der Waals surface area contributed by atoms with Gasteiger partial charge in [-0.3, -0.25) is 4.79 Å². The van der Waals surface area contributed by atoms with Crippen molar-refractivity contribution in [3.63, 3.8) is 0 Å². The molecule has 0 aliphatic carbocycles. The molecule has 3 heteroatoms. The molecule has 1 N–H and O–H groups in total. The topological polar surface area (TPSA) is 34.0 Å². The minimum atomic E-state index is 0.147. The zero-order valence-electron chi connectivity index (χ0n) is 14.9. The second kappa shape index (κ2) is 8.52. The van der Waals surface area contributed by atoms with Crippen molar-refractivity contribution >= 4 is 16.8 Å². The number of carbonyl (C=O) groups is 1. The molecule has 0 radical (unpaired) electrons. The molecule has 25 heavy (non-hydrogen) atoms. The number of fused-ring (bicyclic) bond motifs is 1. The lowest BCUT2D eigenvalue weighted by atomic mass is 10.1. The monoisotopic (exact) mass is 334 g/mol. The first kappa shape index (κ1) is 17.3. The SMILES string of the molecule is CCCCNC(=O)CCc1cn(Cc2ccccc2)c2ccccc12. The van der Waals surface area contributed by atoms with Gasteiger partial charge in [0.1, 0.15) is 0 Å². The molecule has 1 heterocycles. The van der Waals surface area contributed by atoms with Gasteiger partial charge in [-0.2, -0.15) is 0 Å². The number of hydrogen-bond acceptors (Lipinski definition) is 1. The third-order valence-electron chi connectivity index (χ3n) is 4.54. The first-order valence-corrected chi connectivity index (χ1v) is 9.15. The summed E-state index contributed by atoms with van der Waals surface area (Å²) >= 11 is 0. The molecule has 0 aliphatic heterocycles. The van der Waals surface area contributed by atoms with Crippen LogP contribution in [0, 0.1) is 0 Å². The van der Waals surface area contributed by atoms with Crippen LogP contribution in [-0.4, -0.2) is 17.0 Å². The molecule has 3 nitrogen and oxygen atoms in total. The number of unbranched alkanes of at least 4 members (excludes halogenated alkanes) is 1. The Labute approximate surface area is 149 Å². The largest absolute Gasteiger partial charge is 0.356 e. The summed E-state index contributed by atoms with van der Waals surface area (Å²) in [5.74, 6) is 0.147. The number of nitrogens with one attached hydrogen (secondary N) is 1. The van der Waals surface area contributed by atoms with E-state index in [1.807, 2.05) is 6.07 Å². The smallest absolute Gasteiger partial charge is 0.220 e. The van der Waals surface area contributed by atoms with Crippen LogP contribution in [0.3, 0.4) is 0 Å². The Hall–Kier alpha value is -2.55. The molecule has 0 spiro atoms. The lowest BCUT2D eigenvalue weighted by Crippen LogP contribution is -2.24. The van der Waals surface area contributed by atoms with Gasteiger partial charge in [-0.15, -0.1) is 0 Å². The van der Waals surface area contributed by atoms with Crippen molar-refractivity contribution in [3.05, 3.63) is 71.9 Å². The van der Waals surface area contributed by atoms with Crippen LogP contribution in [0.15, 0.2) is 60.8 Å². The van der Waals surface area contributed by atoms with Gasteiger partial charge in [0, 0.05) is 36.6 Å². The molecule has 0 aliphatic rings. The molecule has 0 unspecified atom stereocenters. The van der Waals surface area contributed by atoms with E-state index in [9.17, 15) is 4.79 Å². The number of carbonyl (C=O) groups excluding carboxylic acids is 1. The molecule has 3 aromatic rings. The molecule has 2 aromatic carbocycles. The molecular formula is C22H26N2O. The minimum absolute atomic E-state index is 0.147. The van der Waals surface area contributed by atoms with Crippen LogP contribution in [0.4, 0.5) is 0 Å². The van der Waals surface area contributed by atoms with Gasteiger partial charge in [0.2, 0.25) is 5.91 Å². The van der Waals surface area contributed by atoms with Crippen molar-refractivity contribution in [2.45, 2.75) is 39.2 Å². The summed E-state index contributed by atoms with van der Waals surface area (Å²) in [6, 6.07) is 18.9. The lowest BCUT2D eigenvalue weighted by Gasteiger charge is -2.05. The maximum atomic E-state index is 12.0. The van der Waals surface area contributed by atoms with E-state index in [0.717, 1.165) is 32.4 Å². The van der Waals surface area contributed by atoms with E-state index in [1.165, 1.54) is 22.0 Å². The van der Waals surface area contributed by atoms with Crippen molar-refractivity contribution in [2.75, 3.05) is 6.54 Å². The van der Waals surface area contributed by atoms with Crippen molar-refractivity contribution < 1.29 is 4.79 Å². The van der Waals surface area contributed by atoms with Gasteiger partial charge in [-0.25, -0.2) is 0 Å². The molecular weight excluding hydrogens is 308 g/mol. The molecule has 0 saturated heterocycles. The van der Waals surface area contributed by atoms with E-state index < -0.39 is 0 Å². The van der Waals surface area contributed by atoms with Gasteiger partial charge in [-0.05, 0) is 30.0 Å². The summed E-state index contributed by atoms with van der Waals surface area (Å²) in [6.07, 6.45) is 5.68. The number of benzene rings is 2. The van der Waals surface area contributed by atoms with E-state index in [4.69, 9.17) is 0 Å². The van der Waals surface area contributed by atoms with Gasteiger partial charge >= 0.3 is 0 Å². The van der Waals surface area contributed by atoms with Crippen molar-refractivity contribution in [3.8, 4) is 0 Å². The van der Waals surface area contributed by atoms with Crippen LogP contribution in [0.5, 0.6) is 0 Å². The van der Waals surface area contributed by atoms with Crippen LogP contribution >= 0.6 is 0 Å². The number of aryl methyl sites for hydroxylation is 1. The highest BCUT2D eigenvalue weighted by molar-refractivity contribution is 5.85. The fourth-order valence-electron chi connectivity index (χ4n) is 3.17. The Morgan fingerprint density at radius 3 is 2.60 bits per heavy atom. The van der Waals surface area contributed by atoms with Gasteiger partial charge < -0.3 is 9.88 Å². The maximum absolute atomic E-state index is 12.0. The summed E-state index contributed by atoms with van der Waals surface area (Å²) < 4.78 is 2.29. The number of aromatic nitrogens is 1. The summed E-state index contributed by atoms with van der Waals surface area (Å²) in [6.45, 7) is 3.77. The van der Waals surface area contributed by atoms with E-state index in [2.05, 4.69) is 71.5 Å². The Morgan fingerprint density at radius 2 is 1.80 bits per heavy atom. The number of para-hydroxylation sites is 1. The molecule has 1 amide bonds. The first-order chi connectivity index (χ1) is 12.3. The molecule has 0 bridgehead atoms.